The second kappa shape index (κ2) is 8.73. The van der Waals surface area contributed by atoms with E-state index in [2.05, 4.69) is 17.1 Å². The third-order valence-electron chi connectivity index (χ3n) is 7.21. The average molecular weight is 428 g/mol. The van der Waals surface area contributed by atoms with Crippen LogP contribution in [0, 0.1) is 0 Å². The third kappa shape index (κ3) is 4.40. The number of aliphatic hydroxyl groups excluding tert-OH is 2. The van der Waals surface area contributed by atoms with Gasteiger partial charge in [-0.2, -0.15) is 0 Å². The number of fused-ring (bicyclic) bond motifs is 2. The molecule has 7 heteroatoms. The molecule has 0 unspecified atom stereocenters. The fraction of sp³-hybridized carbons (Fsp3) is 0.583. The smallest absolute Gasteiger partial charge is 0.242 e. The second-order valence-electron chi connectivity index (χ2n) is 9.38. The van der Waals surface area contributed by atoms with Crippen LogP contribution in [0.25, 0.3) is 0 Å². The third-order valence-corrected chi connectivity index (χ3v) is 7.21. The largest absolute Gasteiger partial charge is 0.396 e. The van der Waals surface area contributed by atoms with Gasteiger partial charge in [-0.3, -0.25) is 4.79 Å². The van der Waals surface area contributed by atoms with Gasteiger partial charge in [-0.25, -0.2) is 4.98 Å². The average Bonchev–Trinajstić information content (AvgIpc) is 3.24. The molecule has 31 heavy (non-hydrogen) atoms. The van der Waals surface area contributed by atoms with E-state index in [1.165, 1.54) is 5.56 Å². The van der Waals surface area contributed by atoms with E-state index in [-0.39, 0.29) is 31.0 Å². The monoisotopic (exact) mass is 427 g/mol. The zero-order valence-electron chi connectivity index (χ0n) is 18.4. The highest BCUT2D eigenvalue weighted by molar-refractivity contribution is 5.76. The van der Waals surface area contributed by atoms with Gasteiger partial charge in [0.1, 0.15) is 12.6 Å². The van der Waals surface area contributed by atoms with Crippen LogP contribution in [-0.4, -0.2) is 67.6 Å². The lowest BCUT2D eigenvalue weighted by atomic mass is 9.73. The summed E-state index contributed by atoms with van der Waals surface area (Å²) in [7, 11) is 1.76. The molecule has 2 aromatic rings. The van der Waals surface area contributed by atoms with Crippen molar-refractivity contribution in [3.05, 3.63) is 54.6 Å². The predicted molar refractivity (Wildman–Crippen MR) is 116 cm³/mol. The van der Waals surface area contributed by atoms with E-state index in [4.69, 9.17) is 4.74 Å². The Hall–Kier alpha value is -2.22. The number of aromatic nitrogens is 2. The Morgan fingerprint density at radius 1 is 1.32 bits per heavy atom. The predicted octanol–water partition coefficient (Wildman–Crippen LogP) is 2.34. The van der Waals surface area contributed by atoms with Crippen LogP contribution in [0.15, 0.2) is 49.1 Å². The van der Waals surface area contributed by atoms with E-state index in [1.54, 1.807) is 35.2 Å². The highest BCUT2D eigenvalue weighted by Gasteiger charge is 2.55. The van der Waals surface area contributed by atoms with Gasteiger partial charge in [0, 0.05) is 26.0 Å². The molecule has 2 saturated heterocycles. The summed E-state index contributed by atoms with van der Waals surface area (Å²) in [5, 5.41) is 21.3. The molecule has 0 saturated carbocycles. The summed E-state index contributed by atoms with van der Waals surface area (Å²) in [6.45, 7) is 2.19. The molecule has 5 atom stereocenters. The Morgan fingerprint density at radius 2 is 2.10 bits per heavy atom. The fourth-order valence-corrected chi connectivity index (χ4v) is 5.58. The van der Waals surface area contributed by atoms with Gasteiger partial charge in [0.05, 0.1) is 23.6 Å². The van der Waals surface area contributed by atoms with Crippen molar-refractivity contribution in [1.82, 2.24) is 14.5 Å². The van der Waals surface area contributed by atoms with Gasteiger partial charge in [-0.05, 0) is 50.5 Å². The highest BCUT2D eigenvalue weighted by atomic mass is 16.5. The Kier molecular flexibility index (Phi) is 6.19. The lowest BCUT2D eigenvalue weighted by Crippen LogP contribution is -2.58. The number of hydrogen-bond donors (Lipinski definition) is 2. The fourth-order valence-electron chi connectivity index (χ4n) is 5.58. The second-order valence-corrected chi connectivity index (χ2v) is 9.38. The minimum atomic E-state index is -0.823. The summed E-state index contributed by atoms with van der Waals surface area (Å²) in [4.78, 5) is 18.6. The number of aliphatic hydroxyl groups is 2. The zero-order valence-corrected chi connectivity index (χ0v) is 18.4. The van der Waals surface area contributed by atoms with Crippen LogP contribution in [0.4, 0.5) is 0 Å². The molecule has 168 valence electrons. The lowest BCUT2D eigenvalue weighted by molar-refractivity contribution is -0.226. The molecule has 1 amide bonds. The van der Waals surface area contributed by atoms with Gasteiger partial charge in [-0.1, -0.05) is 30.3 Å². The number of hydrogen-bond acceptors (Lipinski definition) is 5. The van der Waals surface area contributed by atoms with E-state index in [1.807, 2.05) is 25.1 Å². The molecule has 0 spiro atoms. The van der Waals surface area contributed by atoms with Crippen molar-refractivity contribution in [1.29, 1.82) is 0 Å². The lowest BCUT2D eigenvalue weighted by Gasteiger charge is -2.50. The molecule has 2 bridgehead atoms. The Morgan fingerprint density at radius 3 is 2.77 bits per heavy atom. The van der Waals surface area contributed by atoms with Crippen LogP contribution in [-0.2, 0) is 16.1 Å². The molecule has 3 heterocycles. The molecule has 0 radical (unpaired) electrons. The molecule has 7 nitrogen and oxygen atoms in total. The number of amides is 1. The van der Waals surface area contributed by atoms with Crippen LogP contribution >= 0.6 is 0 Å². The summed E-state index contributed by atoms with van der Waals surface area (Å²) in [5.74, 6) is 0.157. The summed E-state index contributed by atoms with van der Waals surface area (Å²) in [6.07, 6.45) is 7.52. The number of carbonyl (C=O) groups is 1. The molecule has 0 aliphatic carbocycles. The topological polar surface area (TPSA) is 87.8 Å². The van der Waals surface area contributed by atoms with Gasteiger partial charge in [-0.15, -0.1) is 0 Å². The van der Waals surface area contributed by atoms with Crippen LogP contribution in [0.2, 0.25) is 0 Å². The first-order valence-electron chi connectivity index (χ1n) is 11.1. The van der Waals surface area contributed by atoms with Crippen molar-refractivity contribution in [2.24, 2.45) is 0 Å². The zero-order chi connectivity index (χ0) is 22.1. The van der Waals surface area contributed by atoms with Crippen LogP contribution < -0.4 is 0 Å². The van der Waals surface area contributed by atoms with Crippen LogP contribution in [0.1, 0.15) is 50.5 Å². The van der Waals surface area contributed by atoms with Gasteiger partial charge < -0.3 is 24.4 Å². The van der Waals surface area contributed by atoms with E-state index in [0.717, 1.165) is 6.42 Å². The molecule has 2 aliphatic heterocycles. The number of ether oxygens (including phenoxy) is 1. The SMILES string of the molecule is CN(C(=O)Cn1ccnc1)[C@H]1CC[C@@]2(CCO)C[C@H](c3ccccc3)C[C@](C)(O2)[C@@H]1O. The standard InChI is InChI=1S/C24H33N3O4/c1-23-14-19(18-6-4-3-5-7-18)15-24(31-23,10-13-28)9-8-20(22(23)30)26(2)21(29)16-27-12-11-25-17-27/h3-7,11-12,17,19-20,22,28,30H,8-10,13-16H2,1-2H3/t19-,20+,22-,23+,24-/m1/s1. The van der Waals surface area contributed by atoms with Crippen LogP contribution in [0.3, 0.4) is 0 Å². The molecular formula is C24H33N3O4. The van der Waals surface area contributed by atoms with Crippen molar-refractivity contribution in [3.63, 3.8) is 0 Å². The van der Waals surface area contributed by atoms with E-state index in [9.17, 15) is 15.0 Å². The van der Waals surface area contributed by atoms with E-state index < -0.39 is 17.3 Å². The minimum Gasteiger partial charge on any atom is -0.396 e. The first-order valence-corrected chi connectivity index (χ1v) is 11.1. The van der Waals surface area contributed by atoms with E-state index in [0.29, 0.717) is 25.7 Å². The Balaban J connectivity index is 1.61. The highest BCUT2D eigenvalue weighted by Crippen LogP contribution is 2.51. The maximum absolute atomic E-state index is 12.9. The number of imidazole rings is 1. The van der Waals surface area contributed by atoms with Crippen molar-refractivity contribution < 1.29 is 19.7 Å². The van der Waals surface area contributed by atoms with Crippen LogP contribution in [0.5, 0.6) is 0 Å². The normalized spacial score (nSPS) is 33.0. The minimum absolute atomic E-state index is 0.0355. The first kappa shape index (κ1) is 22.0. The summed E-state index contributed by atoms with van der Waals surface area (Å²) in [5.41, 5.74) is -0.0836. The Labute approximate surface area is 183 Å². The maximum Gasteiger partial charge on any atom is 0.242 e. The molecule has 2 N–H and O–H groups in total. The van der Waals surface area contributed by atoms with Crippen molar-refractivity contribution in [3.8, 4) is 0 Å². The summed E-state index contributed by atoms with van der Waals surface area (Å²) < 4.78 is 8.36. The molecule has 4 rings (SSSR count). The molecule has 1 aromatic carbocycles. The quantitative estimate of drug-likeness (QED) is 0.739. The van der Waals surface area contributed by atoms with Gasteiger partial charge in [0.15, 0.2) is 0 Å². The van der Waals surface area contributed by atoms with Crippen molar-refractivity contribution in [2.75, 3.05) is 13.7 Å². The molecule has 2 aliphatic rings. The van der Waals surface area contributed by atoms with E-state index >= 15 is 0 Å². The van der Waals surface area contributed by atoms with Gasteiger partial charge in [0.2, 0.25) is 5.91 Å². The van der Waals surface area contributed by atoms with Gasteiger partial charge in [0.25, 0.3) is 0 Å². The summed E-state index contributed by atoms with van der Waals surface area (Å²) in [6, 6.07) is 9.99. The molecule has 1 aromatic heterocycles. The Bertz CT molecular complexity index is 874. The molecular weight excluding hydrogens is 394 g/mol. The number of rotatable bonds is 6. The number of carbonyl (C=O) groups excluding carboxylic acids is 1. The van der Waals surface area contributed by atoms with Gasteiger partial charge >= 0.3 is 0 Å². The van der Waals surface area contributed by atoms with Crippen molar-refractivity contribution in [2.45, 2.75) is 74.8 Å². The first-order chi connectivity index (χ1) is 14.9. The molecule has 2 fully saturated rings. The number of nitrogens with zero attached hydrogens (tertiary/aromatic N) is 3. The number of benzene rings is 1. The summed E-state index contributed by atoms with van der Waals surface area (Å²) >= 11 is 0. The maximum atomic E-state index is 12.9. The van der Waals surface area contributed by atoms with Crippen molar-refractivity contribution >= 4 is 5.91 Å². The number of likely N-dealkylation sites (N-methyl/N-ethyl adjacent to an activating group) is 1.